The lowest BCUT2D eigenvalue weighted by Crippen LogP contribution is -1.74. The van der Waals surface area contributed by atoms with Gasteiger partial charge in [-0.3, -0.25) is 0 Å². The molecule has 0 nitrogen and oxygen atoms in total. The summed E-state index contributed by atoms with van der Waals surface area (Å²) in [6.07, 6.45) is 0. The van der Waals surface area contributed by atoms with Crippen LogP contribution in [0.15, 0.2) is 45.4 Å². The maximum Gasteiger partial charge on any atom is 0.0284 e. The zero-order valence-corrected chi connectivity index (χ0v) is 9.06. The van der Waals surface area contributed by atoms with E-state index in [1.807, 2.05) is 17.8 Å². The van der Waals surface area contributed by atoms with E-state index in [2.05, 4.69) is 53.4 Å². The first-order valence-electron chi connectivity index (χ1n) is 3.30. The van der Waals surface area contributed by atoms with Crippen molar-refractivity contribution in [2.24, 2.45) is 0 Å². The van der Waals surface area contributed by atoms with Gasteiger partial charge in [0.15, 0.2) is 0 Å². The summed E-state index contributed by atoms with van der Waals surface area (Å²) < 4.78 is 1.19. The Morgan fingerprint density at radius 2 is 2.00 bits per heavy atom. The van der Waals surface area contributed by atoms with Crippen molar-refractivity contribution in [3.8, 4) is 0 Å². The average Bonchev–Trinajstić information content (AvgIpc) is 2.03. The molecule has 0 aromatic heterocycles. The Kier molecular flexibility index (Phi) is 4.01. The van der Waals surface area contributed by atoms with Gasteiger partial charge in [0.25, 0.3) is 0 Å². The van der Waals surface area contributed by atoms with Gasteiger partial charge in [-0.05, 0) is 38.3 Å². The standard InChI is InChI=1S/C9H9IS/c1-8(10)7-11-9-5-3-2-4-6-9/h2-6H,1,7H2. The van der Waals surface area contributed by atoms with E-state index in [1.54, 1.807) is 0 Å². The molecule has 0 atom stereocenters. The van der Waals surface area contributed by atoms with Gasteiger partial charge in [-0.25, -0.2) is 0 Å². The Bertz CT molecular complexity index is 231. The Morgan fingerprint density at radius 3 is 2.55 bits per heavy atom. The Balaban J connectivity index is 2.45. The molecule has 0 aliphatic heterocycles. The topological polar surface area (TPSA) is 0 Å². The van der Waals surface area contributed by atoms with E-state index in [1.165, 1.54) is 8.48 Å². The number of hydrogen-bond acceptors (Lipinski definition) is 1. The van der Waals surface area contributed by atoms with Crippen molar-refractivity contribution < 1.29 is 0 Å². The maximum atomic E-state index is 3.84. The Labute approximate surface area is 85.2 Å². The molecule has 1 aromatic carbocycles. The van der Waals surface area contributed by atoms with Gasteiger partial charge >= 0.3 is 0 Å². The van der Waals surface area contributed by atoms with Gasteiger partial charge in [0, 0.05) is 10.6 Å². The molecule has 0 saturated heterocycles. The first kappa shape index (κ1) is 9.13. The van der Waals surface area contributed by atoms with Gasteiger partial charge in [0.1, 0.15) is 0 Å². The van der Waals surface area contributed by atoms with E-state index >= 15 is 0 Å². The second-order valence-corrected chi connectivity index (χ2v) is 4.69. The smallest absolute Gasteiger partial charge is 0.0284 e. The third kappa shape index (κ3) is 3.82. The summed E-state index contributed by atoms with van der Waals surface area (Å²) in [4.78, 5) is 1.31. The van der Waals surface area contributed by atoms with Crippen molar-refractivity contribution in [2.45, 2.75) is 4.90 Å². The molecule has 0 bridgehead atoms. The van der Waals surface area contributed by atoms with Crippen LogP contribution < -0.4 is 0 Å². The van der Waals surface area contributed by atoms with Crippen molar-refractivity contribution in [2.75, 3.05) is 5.75 Å². The maximum absolute atomic E-state index is 3.84. The van der Waals surface area contributed by atoms with Crippen LogP contribution in [-0.2, 0) is 0 Å². The van der Waals surface area contributed by atoms with Crippen molar-refractivity contribution in [3.05, 3.63) is 40.5 Å². The summed E-state index contributed by atoms with van der Waals surface area (Å²) in [6.45, 7) is 3.84. The monoisotopic (exact) mass is 276 g/mol. The number of rotatable bonds is 3. The van der Waals surface area contributed by atoms with Crippen LogP contribution >= 0.6 is 34.4 Å². The van der Waals surface area contributed by atoms with Crippen LogP contribution in [0.25, 0.3) is 0 Å². The third-order valence-corrected chi connectivity index (χ3v) is 3.14. The molecule has 0 heterocycles. The number of thioether (sulfide) groups is 1. The molecule has 1 rings (SSSR count). The molecule has 0 saturated carbocycles. The fourth-order valence-electron chi connectivity index (χ4n) is 0.678. The summed E-state index contributed by atoms with van der Waals surface area (Å²) in [7, 11) is 0. The minimum atomic E-state index is 1.00. The lowest BCUT2D eigenvalue weighted by Gasteiger charge is -1.97. The Morgan fingerprint density at radius 1 is 1.36 bits per heavy atom. The van der Waals surface area contributed by atoms with E-state index in [0.717, 1.165) is 5.75 Å². The Hall–Kier alpha value is 0.0400. The first-order valence-corrected chi connectivity index (χ1v) is 5.36. The minimum Gasteiger partial charge on any atom is -0.121 e. The van der Waals surface area contributed by atoms with Crippen LogP contribution in [0, 0.1) is 0 Å². The molecule has 2 heteroatoms. The van der Waals surface area contributed by atoms with Crippen LogP contribution in [0.2, 0.25) is 0 Å². The molecule has 0 aliphatic rings. The van der Waals surface area contributed by atoms with E-state index in [0.29, 0.717) is 0 Å². The van der Waals surface area contributed by atoms with Gasteiger partial charge in [0.2, 0.25) is 0 Å². The van der Waals surface area contributed by atoms with Gasteiger partial charge < -0.3 is 0 Å². The molecular weight excluding hydrogens is 267 g/mol. The fraction of sp³-hybridized carbons (Fsp3) is 0.111. The van der Waals surface area contributed by atoms with Crippen LogP contribution in [-0.4, -0.2) is 5.75 Å². The first-order chi connectivity index (χ1) is 5.29. The molecule has 11 heavy (non-hydrogen) atoms. The van der Waals surface area contributed by atoms with Gasteiger partial charge in [-0.2, -0.15) is 0 Å². The largest absolute Gasteiger partial charge is 0.121 e. The minimum absolute atomic E-state index is 1.00. The molecule has 0 spiro atoms. The highest BCUT2D eigenvalue weighted by molar-refractivity contribution is 14.1. The van der Waals surface area contributed by atoms with Crippen LogP contribution in [0.4, 0.5) is 0 Å². The molecule has 0 N–H and O–H groups in total. The highest BCUT2D eigenvalue weighted by Gasteiger charge is 1.91. The molecule has 0 fully saturated rings. The predicted octanol–water partition coefficient (Wildman–Crippen LogP) is 3.73. The van der Waals surface area contributed by atoms with Crippen molar-refractivity contribution in [1.82, 2.24) is 0 Å². The predicted molar refractivity (Wildman–Crippen MR) is 60.3 cm³/mol. The highest BCUT2D eigenvalue weighted by Crippen LogP contribution is 2.21. The summed E-state index contributed by atoms with van der Waals surface area (Å²) in [5, 5.41) is 0. The molecular formula is C9H9IS. The SMILES string of the molecule is C=C(I)CSc1ccccc1. The lowest BCUT2D eigenvalue weighted by atomic mass is 10.4. The highest BCUT2D eigenvalue weighted by atomic mass is 127. The van der Waals surface area contributed by atoms with Crippen LogP contribution in [0.1, 0.15) is 0 Å². The summed E-state index contributed by atoms with van der Waals surface area (Å²) in [5.41, 5.74) is 0. The lowest BCUT2D eigenvalue weighted by molar-refractivity contribution is 1.46. The van der Waals surface area contributed by atoms with Gasteiger partial charge in [0.05, 0.1) is 0 Å². The van der Waals surface area contributed by atoms with E-state index in [4.69, 9.17) is 0 Å². The second-order valence-electron chi connectivity index (χ2n) is 2.12. The second kappa shape index (κ2) is 4.83. The van der Waals surface area contributed by atoms with Crippen LogP contribution in [0.3, 0.4) is 0 Å². The summed E-state index contributed by atoms with van der Waals surface area (Å²) >= 11 is 4.08. The van der Waals surface area contributed by atoms with Crippen molar-refractivity contribution in [1.29, 1.82) is 0 Å². The van der Waals surface area contributed by atoms with E-state index in [-0.39, 0.29) is 0 Å². The number of benzene rings is 1. The van der Waals surface area contributed by atoms with Gasteiger partial charge in [-0.1, -0.05) is 24.8 Å². The van der Waals surface area contributed by atoms with Crippen LogP contribution in [0.5, 0.6) is 0 Å². The molecule has 0 aliphatic carbocycles. The molecule has 0 radical (unpaired) electrons. The fourth-order valence-corrected chi connectivity index (χ4v) is 1.82. The van der Waals surface area contributed by atoms with E-state index < -0.39 is 0 Å². The van der Waals surface area contributed by atoms with Crippen molar-refractivity contribution >= 4 is 34.4 Å². The zero-order valence-electron chi connectivity index (χ0n) is 6.09. The molecule has 0 amide bonds. The summed E-state index contributed by atoms with van der Waals surface area (Å²) in [6, 6.07) is 10.4. The third-order valence-electron chi connectivity index (χ3n) is 1.14. The summed E-state index contributed by atoms with van der Waals surface area (Å²) in [5.74, 6) is 1.00. The normalized spacial score (nSPS) is 9.55. The number of halogens is 1. The zero-order chi connectivity index (χ0) is 8.10. The number of hydrogen-bond donors (Lipinski definition) is 0. The quantitative estimate of drug-likeness (QED) is 0.599. The van der Waals surface area contributed by atoms with Gasteiger partial charge in [-0.15, -0.1) is 11.8 Å². The average molecular weight is 276 g/mol. The van der Waals surface area contributed by atoms with Crippen molar-refractivity contribution in [3.63, 3.8) is 0 Å². The van der Waals surface area contributed by atoms with E-state index in [9.17, 15) is 0 Å². The molecule has 58 valence electrons. The molecule has 1 aromatic rings. The molecule has 0 unspecified atom stereocenters.